The molecule has 3 N–H and O–H groups in total. The summed E-state index contributed by atoms with van der Waals surface area (Å²) in [7, 11) is 0. The van der Waals surface area contributed by atoms with E-state index in [4.69, 9.17) is 15.9 Å². The van der Waals surface area contributed by atoms with Crippen LogP contribution in [0.4, 0.5) is 0 Å². The Morgan fingerprint density at radius 3 is 2.38 bits per heavy atom. The zero-order valence-corrected chi connectivity index (χ0v) is 12.6. The monoisotopic (exact) mass is 312 g/mol. The average molecular weight is 313 g/mol. The molecular weight excluding hydrogens is 292 g/mol. The van der Waals surface area contributed by atoms with E-state index in [0.29, 0.717) is 6.61 Å². The first-order valence-electron chi connectivity index (χ1n) is 4.98. The molecule has 0 spiro atoms. The number of ether oxygens (including phenoxy) is 1. The summed E-state index contributed by atoms with van der Waals surface area (Å²) in [6.45, 7) is 5.96. The smallest absolute Gasteiger partial charge is 0.311 e. The summed E-state index contributed by atoms with van der Waals surface area (Å²) in [6.07, 6.45) is 1.73. The minimum atomic E-state index is -0.422. The van der Waals surface area contributed by atoms with Crippen LogP contribution in [-0.2, 0) is 9.53 Å². The molecular formula is C10H21BrN2O2S. The van der Waals surface area contributed by atoms with Gasteiger partial charge in [-0.25, -0.2) is 0 Å². The number of nitrogens with two attached hydrogens (primary N) is 1. The lowest BCUT2D eigenvalue weighted by Gasteiger charge is -2.16. The molecule has 0 unspecified atom stereocenters. The van der Waals surface area contributed by atoms with Gasteiger partial charge < -0.3 is 10.5 Å². The fraction of sp³-hybridized carbons (Fsp3) is 0.800. The fourth-order valence-corrected chi connectivity index (χ4v) is 1.34. The standard InChI is InChI=1S/C10H20N2O2S.BrH/c1-10(2,3)8(13)14-6-4-5-7-15-9(11)12;/h4-7H2,1-3H3,(H3,11,12);1H. The van der Waals surface area contributed by atoms with E-state index < -0.39 is 5.41 Å². The van der Waals surface area contributed by atoms with Crippen molar-refractivity contribution in [2.45, 2.75) is 33.6 Å². The quantitative estimate of drug-likeness (QED) is 0.354. The highest BCUT2D eigenvalue weighted by atomic mass is 79.9. The Labute approximate surface area is 112 Å². The molecule has 6 heteroatoms. The van der Waals surface area contributed by atoms with Crippen molar-refractivity contribution < 1.29 is 9.53 Å². The van der Waals surface area contributed by atoms with Crippen LogP contribution in [0.15, 0.2) is 0 Å². The van der Waals surface area contributed by atoms with Crippen LogP contribution in [0.1, 0.15) is 33.6 Å². The number of carbonyl (C=O) groups excluding carboxylic acids is 1. The first-order valence-corrected chi connectivity index (χ1v) is 5.96. The number of amidine groups is 1. The molecule has 0 rings (SSSR count). The molecule has 0 amide bonds. The molecule has 16 heavy (non-hydrogen) atoms. The highest BCUT2D eigenvalue weighted by Gasteiger charge is 2.22. The molecule has 0 aliphatic rings. The van der Waals surface area contributed by atoms with Crippen LogP contribution < -0.4 is 5.73 Å². The molecule has 96 valence electrons. The van der Waals surface area contributed by atoms with Crippen molar-refractivity contribution in [1.29, 1.82) is 5.41 Å². The van der Waals surface area contributed by atoms with Gasteiger partial charge in [0.1, 0.15) is 0 Å². The SMILES string of the molecule is Br.CC(C)(C)C(=O)OCCCCSC(=N)N. The molecule has 0 heterocycles. The molecule has 0 aromatic heterocycles. The molecule has 0 aliphatic carbocycles. The normalized spacial score (nSPS) is 10.4. The molecule has 0 aliphatic heterocycles. The van der Waals surface area contributed by atoms with Gasteiger partial charge in [0, 0.05) is 5.75 Å². The Balaban J connectivity index is 0. The van der Waals surface area contributed by atoms with Gasteiger partial charge in [0.25, 0.3) is 0 Å². The zero-order valence-electron chi connectivity index (χ0n) is 10.0. The van der Waals surface area contributed by atoms with E-state index in [-0.39, 0.29) is 28.1 Å². The first kappa shape index (κ1) is 18.1. The highest BCUT2D eigenvalue weighted by molar-refractivity contribution is 8.93. The van der Waals surface area contributed by atoms with Crippen molar-refractivity contribution in [3.63, 3.8) is 0 Å². The molecule has 0 saturated heterocycles. The lowest BCUT2D eigenvalue weighted by Crippen LogP contribution is -2.23. The lowest BCUT2D eigenvalue weighted by atomic mass is 9.97. The van der Waals surface area contributed by atoms with Crippen LogP contribution in [0, 0.1) is 10.8 Å². The topological polar surface area (TPSA) is 76.2 Å². The van der Waals surface area contributed by atoms with Crippen LogP contribution in [-0.4, -0.2) is 23.5 Å². The van der Waals surface area contributed by atoms with Crippen LogP contribution in [0.5, 0.6) is 0 Å². The number of unbranched alkanes of at least 4 members (excludes halogenated alkanes) is 1. The van der Waals surface area contributed by atoms with E-state index in [1.807, 2.05) is 20.8 Å². The summed E-state index contributed by atoms with van der Waals surface area (Å²) in [5.74, 6) is 0.643. The Morgan fingerprint density at radius 1 is 1.38 bits per heavy atom. The van der Waals surface area contributed by atoms with Gasteiger partial charge in [0.05, 0.1) is 12.0 Å². The third-order valence-electron chi connectivity index (χ3n) is 1.64. The van der Waals surface area contributed by atoms with Gasteiger partial charge >= 0.3 is 5.97 Å². The Kier molecular flexibility index (Phi) is 10.1. The predicted octanol–water partition coefficient (Wildman–Crippen LogP) is 2.56. The number of thioether (sulfide) groups is 1. The molecule has 0 bridgehead atoms. The Hall–Kier alpha value is -0.230. The first-order chi connectivity index (χ1) is 6.84. The predicted molar refractivity (Wildman–Crippen MR) is 74.3 cm³/mol. The molecule has 0 fully saturated rings. The van der Waals surface area contributed by atoms with E-state index in [1.165, 1.54) is 11.8 Å². The highest BCUT2D eigenvalue weighted by Crippen LogP contribution is 2.15. The van der Waals surface area contributed by atoms with E-state index in [1.54, 1.807) is 0 Å². The van der Waals surface area contributed by atoms with Crippen LogP contribution in [0.2, 0.25) is 0 Å². The summed E-state index contributed by atoms with van der Waals surface area (Å²) >= 11 is 1.32. The number of rotatable bonds is 5. The molecule has 0 aromatic carbocycles. The van der Waals surface area contributed by atoms with Crippen molar-refractivity contribution in [2.24, 2.45) is 11.1 Å². The van der Waals surface area contributed by atoms with Crippen LogP contribution in [0.3, 0.4) is 0 Å². The lowest BCUT2D eigenvalue weighted by molar-refractivity contribution is -0.153. The molecule has 0 radical (unpaired) electrons. The van der Waals surface area contributed by atoms with Crippen LogP contribution >= 0.6 is 28.7 Å². The van der Waals surface area contributed by atoms with Crippen molar-refractivity contribution in [3.8, 4) is 0 Å². The average Bonchev–Trinajstić information content (AvgIpc) is 2.08. The summed E-state index contributed by atoms with van der Waals surface area (Å²) in [5, 5.41) is 7.12. The number of hydrogen-bond acceptors (Lipinski definition) is 4. The largest absolute Gasteiger partial charge is 0.465 e. The molecule has 4 nitrogen and oxygen atoms in total. The third-order valence-corrected chi connectivity index (χ3v) is 2.45. The number of halogens is 1. The van der Waals surface area contributed by atoms with Gasteiger partial charge in [0.15, 0.2) is 5.17 Å². The minimum absolute atomic E-state index is 0. The van der Waals surface area contributed by atoms with E-state index in [2.05, 4.69) is 0 Å². The summed E-state index contributed by atoms with van der Waals surface area (Å²) in [4.78, 5) is 11.3. The second-order valence-electron chi connectivity index (χ2n) is 4.31. The van der Waals surface area contributed by atoms with Crippen molar-refractivity contribution in [3.05, 3.63) is 0 Å². The van der Waals surface area contributed by atoms with Gasteiger partial charge in [0.2, 0.25) is 0 Å². The van der Waals surface area contributed by atoms with E-state index >= 15 is 0 Å². The summed E-state index contributed by atoms with van der Waals surface area (Å²) in [6, 6.07) is 0. The molecule has 0 aromatic rings. The molecule has 0 atom stereocenters. The third kappa shape index (κ3) is 10.3. The van der Waals surface area contributed by atoms with E-state index in [0.717, 1.165) is 18.6 Å². The summed E-state index contributed by atoms with van der Waals surface area (Å²) in [5.41, 5.74) is 4.75. The van der Waals surface area contributed by atoms with Crippen molar-refractivity contribution >= 4 is 39.9 Å². The minimum Gasteiger partial charge on any atom is -0.465 e. The number of hydrogen-bond donors (Lipinski definition) is 2. The van der Waals surface area contributed by atoms with Gasteiger partial charge in [-0.15, -0.1) is 17.0 Å². The van der Waals surface area contributed by atoms with Gasteiger partial charge in [-0.3, -0.25) is 10.2 Å². The zero-order chi connectivity index (χ0) is 11.9. The maximum absolute atomic E-state index is 11.3. The second kappa shape index (κ2) is 8.87. The summed E-state index contributed by atoms with van der Waals surface area (Å²) < 4.78 is 5.08. The maximum atomic E-state index is 11.3. The Morgan fingerprint density at radius 2 is 1.94 bits per heavy atom. The maximum Gasteiger partial charge on any atom is 0.311 e. The number of nitrogens with one attached hydrogen (secondary N) is 1. The van der Waals surface area contributed by atoms with Gasteiger partial charge in [-0.2, -0.15) is 0 Å². The van der Waals surface area contributed by atoms with Gasteiger partial charge in [-0.1, -0.05) is 11.8 Å². The van der Waals surface area contributed by atoms with Gasteiger partial charge in [-0.05, 0) is 33.6 Å². The fourth-order valence-electron chi connectivity index (χ4n) is 0.768. The Bertz CT molecular complexity index is 229. The van der Waals surface area contributed by atoms with Crippen molar-refractivity contribution in [2.75, 3.05) is 12.4 Å². The van der Waals surface area contributed by atoms with E-state index in [9.17, 15) is 4.79 Å². The number of esters is 1. The van der Waals surface area contributed by atoms with Crippen molar-refractivity contribution in [1.82, 2.24) is 0 Å². The number of carbonyl (C=O) groups is 1. The van der Waals surface area contributed by atoms with Crippen LogP contribution in [0.25, 0.3) is 0 Å². The molecule has 0 saturated carbocycles. The second-order valence-corrected chi connectivity index (χ2v) is 5.44.